The van der Waals surface area contributed by atoms with Crippen LogP contribution in [0.25, 0.3) is 10.4 Å². The molecular formula is C11H6F2N2S. The van der Waals surface area contributed by atoms with Gasteiger partial charge in [-0.2, -0.15) is 5.26 Å². The van der Waals surface area contributed by atoms with Crippen LogP contribution >= 0.6 is 11.3 Å². The fourth-order valence-corrected chi connectivity index (χ4v) is 2.22. The molecule has 0 atom stereocenters. The van der Waals surface area contributed by atoms with E-state index in [1.165, 1.54) is 18.2 Å². The molecule has 5 heteroatoms. The average Bonchev–Trinajstić information content (AvgIpc) is 2.59. The molecule has 2 N–H and O–H groups in total. The fourth-order valence-electron chi connectivity index (χ4n) is 1.31. The molecule has 0 unspecified atom stereocenters. The third-order valence-electron chi connectivity index (χ3n) is 2.06. The molecule has 0 spiro atoms. The monoisotopic (exact) mass is 236 g/mol. The summed E-state index contributed by atoms with van der Waals surface area (Å²) in [7, 11) is 0. The molecule has 0 bridgehead atoms. The van der Waals surface area contributed by atoms with E-state index in [2.05, 4.69) is 0 Å². The molecule has 0 aliphatic rings. The summed E-state index contributed by atoms with van der Waals surface area (Å²) in [4.78, 5) is 0.852. The van der Waals surface area contributed by atoms with E-state index in [0.717, 1.165) is 17.4 Å². The number of nitrogens with zero attached hydrogens (tertiary/aromatic N) is 1. The number of hydrogen-bond donors (Lipinski definition) is 1. The summed E-state index contributed by atoms with van der Waals surface area (Å²) in [5.41, 5.74) is 6.12. The zero-order valence-electron chi connectivity index (χ0n) is 8.00. The summed E-state index contributed by atoms with van der Waals surface area (Å²) in [6.07, 6.45) is 0. The minimum Gasteiger partial charge on any atom is -0.397 e. The quantitative estimate of drug-likeness (QED) is 0.826. The van der Waals surface area contributed by atoms with Gasteiger partial charge in [-0.3, -0.25) is 0 Å². The maximum Gasteiger partial charge on any atom is 0.134 e. The molecule has 0 amide bonds. The van der Waals surface area contributed by atoms with Gasteiger partial charge in [-0.25, -0.2) is 8.78 Å². The standard InChI is InChI=1S/C11H6F2N2S/c12-6-1-2-7(8(13)3-6)10-4-9(15)11(5-14)16-10/h1-4H,15H2. The van der Waals surface area contributed by atoms with Crippen molar-refractivity contribution in [2.24, 2.45) is 0 Å². The van der Waals surface area contributed by atoms with Crippen molar-refractivity contribution in [3.05, 3.63) is 40.8 Å². The van der Waals surface area contributed by atoms with Gasteiger partial charge in [0.25, 0.3) is 0 Å². The number of nitriles is 1. The number of benzene rings is 1. The van der Waals surface area contributed by atoms with E-state index in [-0.39, 0.29) is 5.56 Å². The molecule has 1 heterocycles. The summed E-state index contributed by atoms with van der Waals surface area (Å²) in [5.74, 6) is -1.29. The van der Waals surface area contributed by atoms with Gasteiger partial charge in [-0.05, 0) is 18.2 Å². The number of nitrogen functional groups attached to an aromatic ring is 1. The Morgan fingerprint density at radius 3 is 2.56 bits per heavy atom. The Morgan fingerprint density at radius 2 is 2.00 bits per heavy atom. The zero-order valence-corrected chi connectivity index (χ0v) is 8.81. The van der Waals surface area contributed by atoms with Crippen molar-refractivity contribution >= 4 is 17.0 Å². The Labute approximate surface area is 94.6 Å². The molecule has 1 aromatic carbocycles. The number of hydrogen-bond acceptors (Lipinski definition) is 3. The SMILES string of the molecule is N#Cc1sc(-c2ccc(F)cc2F)cc1N. The Kier molecular flexibility index (Phi) is 2.59. The van der Waals surface area contributed by atoms with Crippen LogP contribution in [0.2, 0.25) is 0 Å². The van der Waals surface area contributed by atoms with E-state index < -0.39 is 11.6 Å². The lowest BCUT2D eigenvalue weighted by Crippen LogP contribution is -1.84. The van der Waals surface area contributed by atoms with Crippen LogP contribution in [0.5, 0.6) is 0 Å². The first kappa shape index (κ1) is 10.6. The second-order valence-corrected chi connectivity index (χ2v) is 4.18. The zero-order chi connectivity index (χ0) is 11.7. The molecule has 0 aliphatic heterocycles. The van der Waals surface area contributed by atoms with Gasteiger partial charge in [0.1, 0.15) is 22.6 Å². The van der Waals surface area contributed by atoms with E-state index in [9.17, 15) is 8.78 Å². The lowest BCUT2D eigenvalue weighted by molar-refractivity contribution is 0.586. The molecule has 0 saturated carbocycles. The second kappa shape index (κ2) is 3.91. The highest BCUT2D eigenvalue weighted by Gasteiger charge is 2.11. The van der Waals surface area contributed by atoms with Crippen LogP contribution in [0.4, 0.5) is 14.5 Å². The van der Waals surface area contributed by atoms with Crippen molar-refractivity contribution in [2.45, 2.75) is 0 Å². The normalized spacial score (nSPS) is 10.1. The van der Waals surface area contributed by atoms with E-state index in [1.54, 1.807) is 0 Å². The van der Waals surface area contributed by atoms with Crippen LogP contribution in [-0.4, -0.2) is 0 Å². The third kappa shape index (κ3) is 1.75. The van der Waals surface area contributed by atoms with Crippen LogP contribution in [0.15, 0.2) is 24.3 Å². The predicted octanol–water partition coefficient (Wildman–Crippen LogP) is 3.15. The molecule has 0 radical (unpaired) electrons. The van der Waals surface area contributed by atoms with Gasteiger partial charge in [0.05, 0.1) is 5.69 Å². The number of halogens is 2. The maximum atomic E-state index is 13.4. The summed E-state index contributed by atoms with van der Waals surface area (Å²) in [6.45, 7) is 0. The topological polar surface area (TPSA) is 49.8 Å². The summed E-state index contributed by atoms with van der Waals surface area (Å²) in [5, 5.41) is 8.72. The molecule has 0 aliphatic carbocycles. The lowest BCUT2D eigenvalue weighted by Gasteiger charge is -1.98. The Morgan fingerprint density at radius 1 is 1.25 bits per heavy atom. The van der Waals surface area contributed by atoms with Crippen molar-refractivity contribution in [1.82, 2.24) is 0 Å². The highest BCUT2D eigenvalue weighted by Crippen LogP contribution is 2.34. The Hall–Kier alpha value is -1.93. The van der Waals surface area contributed by atoms with Gasteiger partial charge < -0.3 is 5.73 Å². The number of anilines is 1. The summed E-state index contributed by atoms with van der Waals surface area (Å²) >= 11 is 1.08. The molecule has 80 valence electrons. The maximum absolute atomic E-state index is 13.4. The average molecular weight is 236 g/mol. The van der Waals surface area contributed by atoms with Crippen LogP contribution in [0, 0.1) is 23.0 Å². The number of nitrogens with two attached hydrogens (primary N) is 1. The highest BCUT2D eigenvalue weighted by molar-refractivity contribution is 7.16. The predicted molar refractivity (Wildman–Crippen MR) is 58.8 cm³/mol. The van der Waals surface area contributed by atoms with E-state index in [1.807, 2.05) is 6.07 Å². The minimum absolute atomic E-state index is 0.250. The number of rotatable bonds is 1. The van der Waals surface area contributed by atoms with Crippen molar-refractivity contribution in [2.75, 3.05) is 5.73 Å². The van der Waals surface area contributed by atoms with E-state index in [4.69, 9.17) is 11.0 Å². The first-order valence-corrected chi connectivity index (χ1v) is 5.18. The first-order valence-electron chi connectivity index (χ1n) is 4.36. The summed E-state index contributed by atoms with van der Waals surface area (Å²) < 4.78 is 26.1. The van der Waals surface area contributed by atoms with Gasteiger partial charge in [0.15, 0.2) is 0 Å². The third-order valence-corrected chi connectivity index (χ3v) is 3.15. The number of thiophene rings is 1. The molecule has 0 fully saturated rings. The van der Waals surface area contributed by atoms with Gasteiger partial charge in [0.2, 0.25) is 0 Å². The van der Waals surface area contributed by atoms with Crippen LogP contribution in [-0.2, 0) is 0 Å². The molecule has 2 rings (SSSR count). The van der Waals surface area contributed by atoms with Crippen LogP contribution in [0.1, 0.15) is 4.88 Å². The Bertz CT molecular complexity index is 584. The van der Waals surface area contributed by atoms with Crippen molar-refractivity contribution in [1.29, 1.82) is 5.26 Å². The summed E-state index contributed by atoms with van der Waals surface area (Å²) in [6, 6.07) is 6.73. The van der Waals surface area contributed by atoms with Crippen molar-refractivity contribution in [3.8, 4) is 16.5 Å². The Balaban J connectivity index is 2.55. The van der Waals surface area contributed by atoms with E-state index >= 15 is 0 Å². The first-order chi connectivity index (χ1) is 7.61. The molecule has 2 nitrogen and oxygen atoms in total. The van der Waals surface area contributed by atoms with Gasteiger partial charge >= 0.3 is 0 Å². The van der Waals surface area contributed by atoms with Gasteiger partial charge in [-0.1, -0.05) is 0 Å². The molecule has 16 heavy (non-hydrogen) atoms. The van der Waals surface area contributed by atoms with Gasteiger partial charge in [0, 0.05) is 16.5 Å². The largest absolute Gasteiger partial charge is 0.397 e. The van der Waals surface area contributed by atoms with Crippen molar-refractivity contribution < 1.29 is 8.78 Å². The fraction of sp³-hybridized carbons (Fsp3) is 0. The molecule has 1 aromatic heterocycles. The molecule has 2 aromatic rings. The van der Waals surface area contributed by atoms with Gasteiger partial charge in [-0.15, -0.1) is 11.3 Å². The molecular weight excluding hydrogens is 230 g/mol. The smallest absolute Gasteiger partial charge is 0.134 e. The van der Waals surface area contributed by atoms with Crippen LogP contribution in [0.3, 0.4) is 0 Å². The second-order valence-electron chi connectivity index (χ2n) is 3.13. The van der Waals surface area contributed by atoms with Crippen molar-refractivity contribution in [3.63, 3.8) is 0 Å². The van der Waals surface area contributed by atoms with Crippen LogP contribution < -0.4 is 5.73 Å². The lowest BCUT2D eigenvalue weighted by atomic mass is 10.1. The molecule has 0 saturated heterocycles. The van der Waals surface area contributed by atoms with E-state index in [0.29, 0.717) is 15.4 Å². The highest BCUT2D eigenvalue weighted by atomic mass is 32.1. The minimum atomic E-state index is -0.661.